The molecular weight excluding hydrogens is 783 g/mol. The number of aliphatic hydroxyl groups excluding tert-OH is 2. The van der Waals surface area contributed by atoms with Gasteiger partial charge >= 0.3 is 0 Å². The highest BCUT2D eigenvalue weighted by Gasteiger charge is 2.20. The van der Waals surface area contributed by atoms with E-state index in [1.165, 1.54) is 193 Å². The van der Waals surface area contributed by atoms with Crippen molar-refractivity contribution in [2.45, 2.75) is 296 Å². The van der Waals surface area contributed by atoms with Crippen LogP contribution >= 0.6 is 0 Å². The fourth-order valence-corrected chi connectivity index (χ4v) is 8.48. The van der Waals surface area contributed by atoms with Gasteiger partial charge in [-0.3, -0.25) is 4.79 Å². The lowest BCUT2D eigenvalue weighted by Gasteiger charge is -2.22. The Bertz CT molecular complexity index is 1100. The van der Waals surface area contributed by atoms with E-state index in [-0.39, 0.29) is 12.5 Å². The van der Waals surface area contributed by atoms with Gasteiger partial charge in [0.15, 0.2) is 0 Å². The summed E-state index contributed by atoms with van der Waals surface area (Å²) in [6.45, 7) is 4.26. The Hall–Kier alpha value is -2.17. The first kappa shape index (κ1) is 61.8. The minimum atomic E-state index is -0.666. The lowest BCUT2D eigenvalue weighted by atomic mass is 10.0. The molecule has 3 N–H and O–H groups in total. The predicted octanol–water partition coefficient (Wildman–Crippen LogP) is 18.6. The largest absolute Gasteiger partial charge is 0.394 e. The zero-order valence-electron chi connectivity index (χ0n) is 42.8. The van der Waals surface area contributed by atoms with Crippen molar-refractivity contribution in [1.29, 1.82) is 0 Å². The Morgan fingerprint density at radius 1 is 0.391 bits per heavy atom. The van der Waals surface area contributed by atoms with Crippen LogP contribution in [0.1, 0.15) is 284 Å². The molecule has 0 spiro atoms. The maximum atomic E-state index is 12.5. The van der Waals surface area contributed by atoms with Gasteiger partial charge in [-0.1, -0.05) is 286 Å². The fourth-order valence-electron chi connectivity index (χ4n) is 8.48. The second-order valence-electron chi connectivity index (χ2n) is 19.0. The normalized spacial score (nSPS) is 13.4. The maximum absolute atomic E-state index is 12.5. The van der Waals surface area contributed by atoms with E-state index in [0.29, 0.717) is 12.8 Å². The summed E-state index contributed by atoms with van der Waals surface area (Å²) in [7, 11) is 0. The van der Waals surface area contributed by atoms with E-state index in [9.17, 15) is 15.0 Å². The monoisotopic (exact) mass is 892 g/mol. The number of aliphatic hydroxyl groups is 2. The third-order valence-corrected chi connectivity index (χ3v) is 12.7. The van der Waals surface area contributed by atoms with Gasteiger partial charge in [0.2, 0.25) is 5.91 Å². The van der Waals surface area contributed by atoms with E-state index in [1.54, 1.807) is 0 Å². The van der Waals surface area contributed by atoms with Gasteiger partial charge < -0.3 is 15.5 Å². The van der Waals surface area contributed by atoms with Crippen LogP contribution in [0.25, 0.3) is 0 Å². The van der Waals surface area contributed by atoms with Crippen molar-refractivity contribution in [3.8, 4) is 0 Å². The van der Waals surface area contributed by atoms with Crippen LogP contribution in [0.3, 0.4) is 0 Å². The van der Waals surface area contributed by atoms with Crippen LogP contribution < -0.4 is 5.32 Å². The minimum Gasteiger partial charge on any atom is -0.394 e. The molecule has 0 rings (SSSR count). The number of nitrogens with one attached hydrogen (secondary N) is 1. The molecule has 372 valence electrons. The number of amides is 1. The standard InChI is InChI=1S/C60H109NO3/c1-3-5-7-9-11-13-15-17-19-21-23-25-27-28-29-30-31-32-34-36-38-40-42-44-46-48-50-52-54-56-60(64)61-58(57-62)59(63)55-53-51-49-47-45-43-41-39-37-35-33-26-24-22-20-18-16-14-12-10-8-6-4-2/h5,7,11,13,17,19,23,25,28-29,31-32,58-59,62-63H,3-4,6,8-10,12,14-16,18,20-22,24,26-27,30,33-57H2,1-2H3,(H,61,64)/b7-5-,13-11-,19-17-,25-23-,29-28-,32-31-. The Morgan fingerprint density at radius 2 is 0.688 bits per heavy atom. The fraction of sp³-hybridized carbons (Fsp3) is 0.783. The molecule has 2 unspecified atom stereocenters. The summed E-state index contributed by atoms with van der Waals surface area (Å²) in [5, 5.41) is 23.4. The van der Waals surface area contributed by atoms with Gasteiger partial charge in [-0.2, -0.15) is 0 Å². The van der Waals surface area contributed by atoms with Gasteiger partial charge in [0.05, 0.1) is 18.8 Å². The van der Waals surface area contributed by atoms with Crippen LogP contribution in [-0.2, 0) is 4.79 Å². The van der Waals surface area contributed by atoms with Crippen molar-refractivity contribution in [2.75, 3.05) is 6.61 Å². The Kier molecular flexibility index (Phi) is 53.3. The predicted molar refractivity (Wildman–Crippen MR) is 285 cm³/mol. The van der Waals surface area contributed by atoms with Crippen LogP contribution in [0.15, 0.2) is 72.9 Å². The zero-order valence-corrected chi connectivity index (χ0v) is 42.8. The number of hydrogen-bond acceptors (Lipinski definition) is 3. The molecule has 0 aliphatic heterocycles. The molecule has 0 aliphatic carbocycles. The zero-order chi connectivity index (χ0) is 46.3. The molecule has 0 fully saturated rings. The van der Waals surface area contributed by atoms with Gasteiger partial charge in [0, 0.05) is 6.42 Å². The van der Waals surface area contributed by atoms with E-state index < -0.39 is 12.1 Å². The Balaban J connectivity index is 3.51. The number of unbranched alkanes of at least 4 members (excludes halogenated alkanes) is 32. The quantitative estimate of drug-likeness (QED) is 0.0421. The second kappa shape index (κ2) is 55.2. The molecule has 4 nitrogen and oxygen atoms in total. The van der Waals surface area contributed by atoms with Crippen molar-refractivity contribution < 1.29 is 15.0 Å². The molecule has 1 amide bonds. The average molecular weight is 893 g/mol. The second-order valence-corrected chi connectivity index (χ2v) is 19.0. The van der Waals surface area contributed by atoms with Gasteiger partial charge in [-0.25, -0.2) is 0 Å². The van der Waals surface area contributed by atoms with Crippen LogP contribution in [0.4, 0.5) is 0 Å². The first-order valence-corrected chi connectivity index (χ1v) is 28.1. The molecule has 0 bridgehead atoms. The van der Waals surface area contributed by atoms with Gasteiger partial charge in [-0.05, 0) is 64.2 Å². The topological polar surface area (TPSA) is 69.6 Å². The van der Waals surface area contributed by atoms with Crippen molar-refractivity contribution in [3.05, 3.63) is 72.9 Å². The summed E-state index contributed by atoms with van der Waals surface area (Å²) in [5.41, 5.74) is 0. The molecule has 0 saturated heterocycles. The molecule has 0 aromatic carbocycles. The van der Waals surface area contributed by atoms with Crippen molar-refractivity contribution in [2.24, 2.45) is 0 Å². The first-order valence-electron chi connectivity index (χ1n) is 28.1. The smallest absolute Gasteiger partial charge is 0.220 e. The highest BCUT2D eigenvalue weighted by molar-refractivity contribution is 5.76. The lowest BCUT2D eigenvalue weighted by Crippen LogP contribution is -2.45. The van der Waals surface area contributed by atoms with Crippen molar-refractivity contribution in [1.82, 2.24) is 5.32 Å². The third kappa shape index (κ3) is 50.8. The van der Waals surface area contributed by atoms with Gasteiger partial charge in [-0.15, -0.1) is 0 Å². The maximum Gasteiger partial charge on any atom is 0.220 e. The van der Waals surface area contributed by atoms with Crippen molar-refractivity contribution >= 4 is 5.91 Å². The molecule has 0 aromatic heterocycles. The summed E-state index contributed by atoms with van der Waals surface area (Å²) >= 11 is 0. The molecule has 64 heavy (non-hydrogen) atoms. The van der Waals surface area contributed by atoms with Crippen LogP contribution in [0.2, 0.25) is 0 Å². The highest BCUT2D eigenvalue weighted by Crippen LogP contribution is 2.17. The summed E-state index contributed by atoms with van der Waals surface area (Å²) < 4.78 is 0. The molecular formula is C60H109NO3. The highest BCUT2D eigenvalue weighted by atomic mass is 16.3. The van der Waals surface area contributed by atoms with Gasteiger partial charge in [0.1, 0.15) is 0 Å². The number of carbonyl (C=O) groups is 1. The summed E-state index contributed by atoms with van der Waals surface area (Å²) in [4.78, 5) is 12.5. The molecule has 2 atom stereocenters. The van der Waals surface area contributed by atoms with Crippen LogP contribution in [0.5, 0.6) is 0 Å². The molecule has 0 aromatic rings. The average Bonchev–Trinajstić information content (AvgIpc) is 3.30. The van der Waals surface area contributed by atoms with E-state index in [1.807, 2.05) is 0 Å². The summed E-state index contributed by atoms with van der Waals surface area (Å²) in [6, 6.07) is -0.544. The number of rotatable bonds is 51. The van der Waals surface area contributed by atoms with Gasteiger partial charge in [0.25, 0.3) is 0 Å². The van der Waals surface area contributed by atoms with Crippen LogP contribution in [0, 0.1) is 0 Å². The number of carbonyl (C=O) groups excluding carboxylic acids is 1. The van der Waals surface area contributed by atoms with Crippen LogP contribution in [-0.4, -0.2) is 34.9 Å². The van der Waals surface area contributed by atoms with E-state index in [2.05, 4.69) is 92.1 Å². The minimum absolute atomic E-state index is 0.0357. The molecule has 0 saturated carbocycles. The Labute approximate surface area is 399 Å². The van der Waals surface area contributed by atoms with E-state index >= 15 is 0 Å². The molecule has 0 radical (unpaired) electrons. The Morgan fingerprint density at radius 3 is 1.03 bits per heavy atom. The summed E-state index contributed by atoms with van der Waals surface area (Å²) in [5.74, 6) is -0.0357. The SMILES string of the molecule is CC/C=C\C/C=C\C/C=C\C/C=C\C/C=C\C/C=C\CCCCCCCCCCCCC(=O)NC(CO)C(O)CCCCCCCCCCCCCCCCCCCCCCCCC. The van der Waals surface area contributed by atoms with E-state index in [0.717, 1.165) is 64.2 Å². The first-order chi connectivity index (χ1) is 31.7. The third-order valence-electron chi connectivity index (χ3n) is 12.7. The molecule has 4 heteroatoms. The molecule has 0 heterocycles. The number of allylic oxidation sites excluding steroid dienone is 12. The lowest BCUT2D eigenvalue weighted by molar-refractivity contribution is -0.123. The number of hydrogen-bond donors (Lipinski definition) is 3. The molecule has 0 aliphatic rings. The van der Waals surface area contributed by atoms with Crippen molar-refractivity contribution in [3.63, 3.8) is 0 Å². The summed E-state index contributed by atoms with van der Waals surface area (Å²) in [6.07, 6.45) is 78.8. The van der Waals surface area contributed by atoms with E-state index in [4.69, 9.17) is 0 Å².